The van der Waals surface area contributed by atoms with Crippen LogP contribution in [0.1, 0.15) is 26.7 Å². The van der Waals surface area contributed by atoms with Crippen molar-refractivity contribution in [3.63, 3.8) is 0 Å². The van der Waals surface area contributed by atoms with Crippen molar-refractivity contribution in [1.29, 1.82) is 0 Å². The topological polar surface area (TPSA) is 65.0 Å². The molecule has 15 heavy (non-hydrogen) atoms. The molecule has 0 aromatic heterocycles. The Kier molecular flexibility index (Phi) is 4.42. The average Bonchev–Trinajstić information content (AvgIpc) is 2.65. The molecule has 0 bridgehead atoms. The molecule has 1 fully saturated rings. The molecule has 86 valence electrons. The monoisotopic (exact) mass is 216 g/mol. The van der Waals surface area contributed by atoms with Crippen molar-refractivity contribution >= 4 is 5.97 Å². The van der Waals surface area contributed by atoms with Crippen LogP contribution in [0.25, 0.3) is 0 Å². The molecule has 0 saturated carbocycles. The lowest BCUT2D eigenvalue weighted by atomic mass is 10.1. The Bertz CT molecular complexity index is 248. The number of hydrogen-bond donors (Lipinski definition) is 1. The predicted octanol–water partition coefficient (Wildman–Crippen LogP) is 1.70. The third-order valence-electron chi connectivity index (χ3n) is 2.41. The summed E-state index contributed by atoms with van der Waals surface area (Å²) in [6.45, 7) is 4.20. The van der Waals surface area contributed by atoms with Crippen LogP contribution < -0.4 is 0 Å². The van der Waals surface area contributed by atoms with Gasteiger partial charge in [0.05, 0.1) is 12.5 Å². The lowest BCUT2D eigenvalue weighted by molar-refractivity contribution is -0.190. The maximum absolute atomic E-state index is 11.5. The van der Waals surface area contributed by atoms with E-state index in [0.29, 0.717) is 18.8 Å². The van der Waals surface area contributed by atoms with Crippen molar-refractivity contribution in [2.45, 2.75) is 32.8 Å². The molecule has 2 unspecified atom stereocenters. The summed E-state index contributed by atoms with van der Waals surface area (Å²) in [6, 6.07) is 0. The number of carbonyl (C=O) groups excluding carboxylic acids is 1. The number of hydrogen-bond acceptors (Lipinski definition) is 5. The van der Waals surface area contributed by atoms with E-state index in [1.165, 1.54) is 0 Å². The molecular formula is C10H16O5. The minimum atomic E-state index is -0.432. The van der Waals surface area contributed by atoms with E-state index in [9.17, 15) is 4.79 Å². The molecule has 0 aromatic carbocycles. The van der Waals surface area contributed by atoms with Crippen molar-refractivity contribution in [1.82, 2.24) is 0 Å². The van der Waals surface area contributed by atoms with E-state index < -0.39 is 6.10 Å². The Morgan fingerprint density at radius 1 is 1.80 bits per heavy atom. The summed E-state index contributed by atoms with van der Waals surface area (Å²) in [5, 5.41) is 8.24. The smallest absolute Gasteiger partial charge is 0.309 e. The number of esters is 1. The first-order valence-corrected chi connectivity index (χ1v) is 5.02. The van der Waals surface area contributed by atoms with Gasteiger partial charge in [-0.3, -0.25) is 4.79 Å². The van der Waals surface area contributed by atoms with Crippen molar-refractivity contribution in [3.05, 3.63) is 12.0 Å². The van der Waals surface area contributed by atoms with Crippen molar-refractivity contribution in [3.8, 4) is 0 Å². The lowest BCUT2D eigenvalue weighted by Gasteiger charge is -2.14. The van der Waals surface area contributed by atoms with E-state index >= 15 is 0 Å². The Morgan fingerprint density at radius 3 is 3.13 bits per heavy atom. The van der Waals surface area contributed by atoms with E-state index in [1.807, 2.05) is 13.8 Å². The van der Waals surface area contributed by atoms with Crippen molar-refractivity contribution < 1.29 is 24.4 Å². The van der Waals surface area contributed by atoms with Crippen molar-refractivity contribution in [2.24, 2.45) is 5.92 Å². The van der Waals surface area contributed by atoms with Crippen LogP contribution in [0.3, 0.4) is 0 Å². The molecule has 0 spiro atoms. The average molecular weight is 216 g/mol. The first-order valence-electron chi connectivity index (χ1n) is 5.02. The molecule has 1 heterocycles. The summed E-state index contributed by atoms with van der Waals surface area (Å²) in [4.78, 5) is 15.3. The van der Waals surface area contributed by atoms with E-state index in [4.69, 9.17) is 14.7 Å². The Balaban J connectivity index is 2.50. The summed E-state index contributed by atoms with van der Waals surface area (Å²) < 4.78 is 10.3. The molecule has 2 atom stereocenters. The molecule has 5 heteroatoms. The zero-order chi connectivity index (χ0) is 11.3. The minimum Gasteiger partial charge on any atom is -0.490 e. The third-order valence-corrected chi connectivity index (χ3v) is 2.41. The number of rotatable bonds is 4. The predicted molar refractivity (Wildman–Crippen MR) is 51.7 cm³/mol. The zero-order valence-electron chi connectivity index (χ0n) is 8.93. The Labute approximate surface area is 88.6 Å². The van der Waals surface area contributed by atoms with Gasteiger partial charge in [-0.25, -0.2) is 5.26 Å². The van der Waals surface area contributed by atoms with Gasteiger partial charge in [0, 0.05) is 6.42 Å². The van der Waals surface area contributed by atoms with Crippen LogP contribution in [0.15, 0.2) is 12.0 Å². The second-order valence-electron chi connectivity index (χ2n) is 3.50. The normalized spacial score (nSPS) is 24.7. The van der Waals surface area contributed by atoms with Crippen LogP contribution >= 0.6 is 0 Å². The van der Waals surface area contributed by atoms with Gasteiger partial charge < -0.3 is 14.4 Å². The van der Waals surface area contributed by atoms with Gasteiger partial charge in [0.2, 0.25) is 0 Å². The first kappa shape index (κ1) is 11.8. The third kappa shape index (κ3) is 3.13. The van der Waals surface area contributed by atoms with Crippen molar-refractivity contribution in [2.75, 3.05) is 6.61 Å². The summed E-state index contributed by atoms with van der Waals surface area (Å²) in [6.07, 6.45) is 1.94. The van der Waals surface area contributed by atoms with E-state index in [2.05, 4.69) is 4.89 Å². The SMILES string of the molecule is CCC(C)C(=O)OC1CCO/C1=C/OO. The molecule has 1 saturated heterocycles. The van der Waals surface area contributed by atoms with Crippen LogP contribution in [0.2, 0.25) is 0 Å². The largest absolute Gasteiger partial charge is 0.490 e. The molecule has 5 nitrogen and oxygen atoms in total. The Hall–Kier alpha value is -1.23. The van der Waals surface area contributed by atoms with Gasteiger partial charge in [-0.1, -0.05) is 13.8 Å². The second kappa shape index (κ2) is 5.60. The van der Waals surface area contributed by atoms with Gasteiger partial charge in [-0.2, -0.15) is 0 Å². The van der Waals surface area contributed by atoms with E-state index in [-0.39, 0.29) is 11.9 Å². The highest BCUT2D eigenvalue weighted by atomic mass is 17.1. The fourth-order valence-electron chi connectivity index (χ4n) is 1.22. The van der Waals surface area contributed by atoms with Crippen LogP contribution in [0, 0.1) is 5.92 Å². The number of carbonyl (C=O) groups is 1. The van der Waals surface area contributed by atoms with E-state index in [1.54, 1.807) is 0 Å². The van der Waals surface area contributed by atoms with Gasteiger partial charge in [0.1, 0.15) is 0 Å². The van der Waals surface area contributed by atoms with Crippen LogP contribution in [0.4, 0.5) is 0 Å². The molecule has 1 N–H and O–H groups in total. The zero-order valence-corrected chi connectivity index (χ0v) is 8.93. The van der Waals surface area contributed by atoms with E-state index in [0.717, 1.165) is 12.7 Å². The molecule has 1 aliphatic rings. The summed E-state index contributed by atoms with van der Waals surface area (Å²) in [5.74, 6) is -0.0205. The van der Waals surface area contributed by atoms with Gasteiger partial charge >= 0.3 is 5.97 Å². The molecule has 1 aliphatic heterocycles. The molecule has 0 aromatic rings. The minimum absolute atomic E-state index is 0.123. The molecule has 0 aliphatic carbocycles. The van der Waals surface area contributed by atoms with Gasteiger partial charge in [-0.15, -0.1) is 0 Å². The highest BCUT2D eigenvalue weighted by Crippen LogP contribution is 2.22. The second-order valence-corrected chi connectivity index (χ2v) is 3.50. The summed E-state index contributed by atoms with van der Waals surface area (Å²) in [7, 11) is 0. The first-order chi connectivity index (χ1) is 7.19. The van der Waals surface area contributed by atoms with Crippen LogP contribution in [-0.4, -0.2) is 23.9 Å². The Morgan fingerprint density at radius 2 is 2.53 bits per heavy atom. The highest BCUT2D eigenvalue weighted by molar-refractivity contribution is 5.72. The fraction of sp³-hybridized carbons (Fsp3) is 0.700. The standard InChI is InChI=1S/C10H16O5/c1-3-7(2)10(11)15-8-4-5-13-9(8)6-14-12/h6-8,12H,3-5H2,1-2H3/b9-6+. The lowest BCUT2D eigenvalue weighted by Crippen LogP contribution is -2.21. The maximum atomic E-state index is 11.5. The van der Waals surface area contributed by atoms with Gasteiger partial charge in [0.25, 0.3) is 0 Å². The van der Waals surface area contributed by atoms with Gasteiger partial charge in [0.15, 0.2) is 18.1 Å². The molecule has 0 radical (unpaired) electrons. The summed E-state index contributed by atoms with van der Waals surface area (Å²) >= 11 is 0. The molecule has 1 rings (SSSR count). The summed E-state index contributed by atoms with van der Waals surface area (Å²) in [5.41, 5.74) is 0. The van der Waals surface area contributed by atoms with Crippen LogP contribution in [0.5, 0.6) is 0 Å². The molecular weight excluding hydrogens is 200 g/mol. The van der Waals surface area contributed by atoms with Gasteiger partial charge in [-0.05, 0) is 6.42 Å². The quantitative estimate of drug-likeness (QED) is 0.335. The maximum Gasteiger partial charge on any atom is 0.309 e. The molecule has 0 amide bonds. The van der Waals surface area contributed by atoms with Crippen LogP contribution in [-0.2, 0) is 19.2 Å². The number of ether oxygens (including phenoxy) is 2. The fourth-order valence-corrected chi connectivity index (χ4v) is 1.22. The highest BCUT2D eigenvalue weighted by Gasteiger charge is 2.28.